The van der Waals surface area contributed by atoms with E-state index in [0.29, 0.717) is 17.6 Å². The van der Waals surface area contributed by atoms with Crippen LogP contribution in [0.4, 0.5) is 0 Å². The minimum Gasteiger partial charge on any atom is -0.340 e. The van der Waals surface area contributed by atoms with Gasteiger partial charge in [0.2, 0.25) is 5.91 Å². The van der Waals surface area contributed by atoms with E-state index in [9.17, 15) is 9.59 Å². The zero-order valence-electron chi connectivity index (χ0n) is 15.8. The molecule has 1 unspecified atom stereocenters. The highest BCUT2D eigenvalue weighted by Gasteiger charge is 2.27. The van der Waals surface area contributed by atoms with Crippen molar-refractivity contribution in [1.29, 1.82) is 0 Å². The molecule has 0 radical (unpaired) electrons. The first-order chi connectivity index (χ1) is 14.2. The third-order valence-corrected chi connectivity index (χ3v) is 6.68. The summed E-state index contributed by atoms with van der Waals surface area (Å²) in [5.74, 6) is 0.213. The molecule has 4 aromatic rings. The summed E-state index contributed by atoms with van der Waals surface area (Å²) in [6.45, 7) is 1.41. The van der Waals surface area contributed by atoms with Crippen LogP contribution in [0.25, 0.3) is 21.3 Å². The van der Waals surface area contributed by atoms with Crippen LogP contribution < -0.4 is 5.56 Å². The topological polar surface area (TPSA) is 68.1 Å². The van der Waals surface area contributed by atoms with Gasteiger partial charge < -0.3 is 4.90 Å². The van der Waals surface area contributed by atoms with Crippen LogP contribution in [-0.2, 0) is 11.3 Å². The Bertz CT molecular complexity index is 1230. The van der Waals surface area contributed by atoms with Gasteiger partial charge in [-0.25, -0.2) is 9.97 Å². The molecule has 0 spiro atoms. The summed E-state index contributed by atoms with van der Waals surface area (Å²) in [5, 5.41) is 1.09. The van der Waals surface area contributed by atoms with Crippen molar-refractivity contribution < 1.29 is 4.79 Å². The highest BCUT2D eigenvalue weighted by molar-refractivity contribution is 7.18. The Labute approximate surface area is 171 Å². The summed E-state index contributed by atoms with van der Waals surface area (Å²) < 4.78 is 2.70. The molecule has 29 heavy (non-hydrogen) atoms. The van der Waals surface area contributed by atoms with E-state index in [0.717, 1.165) is 29.9 Å². The Balaban J connectivity index is 1.38. The number of fused-ring (bicyclic) bond motifs is 2. The number of nitrogens with zero attached hydrogens (tertiary/aromatic N) is 4. The normalized spacial score (nSPS) is 17.1. The second kappa shape index (κ2) is 7.40. The molecule has 146 valence electrons. The molecule has 0 N–H and O–H groups in total. The number of benzene rings is 2. The van der Waals surface area contributed by atoms with Crippen LogP contribution >= 0.6 is 11.3 Å². The molecule has 1 amide bonds. The number of carbonyl (C=O) groups is 1. The van der Waals surface area contributed by atoms with Gasteiger partial charge in [-0.2, -0.15) is 0 Å². The Morgan fingerprint density at radius 2 is 1.90 bits per heavy atom. The van der Waals surface area contributed by atoms with Gasteiger partial charge in [0, 0.05) is 19.0 Å². The van der Waals surface area contributed by atoms with Crippen LogP contribution in [0.5, 0.6) is 0 Å². The summed E-state index contributed by atoms with van der Waals surface area (Å²) in [7, 11) is 0. The lowest BCUT2D eigenvalue weighted by Crippen LogP contribution is -2.42. The lowest BCUT2D eigenvalue weighted by atomic mass is 9.98. The fourth-order valence-corrected chi connectivity index (χ4v) is 5.08. The second-order valence-corrected chi connectivity index (χ2v) is 8.43. The lowest BCUT2D eigenvalue weighted by molar-refractivity contribution is -0.133. The van der Waals surface area contributed by atoms with E-state index in [1.165, 1.54) is 15.5 Å². The predicted octanol–water partition coefficient (Wildman–Crippen LogP) is 3.41. The van der Waals surface area contributed by atoms with Gasteiger partial charge in [0.1, 0.15) is 6.54 Å². The molecule has 7 heteroatoms. The van der Waals surface area contributed by atoms with E-state index in [1.807, 2.05) is 47.4 Å². The smallest absolute Gasteiger partial charge is 0.269 e. The molecule has 1 saturated heterocycles. The Kier molecular flexibility index (Phi) is 4.60. The monoisotopic (exact) mass is 404 g/mol. The van der Waals surface area contributed by atoms with Crippen molar-refractivity contribution in [2.75, 3.05) is 13.1 Å². The van der Waals surface area contributed by atoms with E-state index in [-0.39, 0.29) is 23.9 Å². The van der Waals surface area contributed by atoms with Gasteiger partial charge >= 0.3 is 0 Å². The fourth-order valence-electron chi connectivity index (χ4n) is 3.98. The molecule has 1 fully saturated rings. The van der Waals surface area contributed by atoms with Crippen molar-refractivity contribution in [2.45, 2.75) is 25.3 Å². The molecule has 1 aliphatic heterocycles. The molecule has 2 aromatic carbocycles. The van der Waals surface area contributed by atoms with Gasteiger partial charge in [-0.15, -0.1) is 11.3 Å². The molecule has 5 rings (SSSR count). The largest absolute Gasteiger partial charge is 0.340 e. The van der Waals surface area contributed by atoms with E-state index in [1.54, 1.807) is 11.3 Å². The molecule has 0 bridgehead atoms. The minimum absolute atomic E-state index is 0.0331. The van der Waals surface area contributed by atoms with Gasteiger partial charge in [-0.05, 0) is 37.1 Å². The van der Waals surface area contributed by atoms with Crippen molar-refractivity contribution in [3.8, 4) is 0 Å². The molecule has 6 nitrogen and oxygen atoms in total. The standard InChI is InChI=1S/C22H20N4O2S/c27-20-12-23-16-7-1-3-9-18(16)26(20)14-21(28)25-11-5-6-15(13-25)22-24-17-8-2-4-10-19(17)29-22/h1-4,7-10,12,15H,5-6,11,13-14H2. The summed E-state index contributed by atoms with van der Waals surface area (Å²) in [6.07, 6.45) is 3.26. The van der Waals surface area contributed by atoms with Gasteiger partial charge in [0.25, 0.3) is 5.56 Å². The molecule has 2 aromatic heterocycles. The first kappa shape index (κ1) is 18.0. The number of carbonyl (C=O) groups excluding carboxylic acids is 1. The number of hydrogen-bond acceptors (Lipinski definition) is 5. The SMILES string of the molecule is O=C(Cn1c(=O)cnc2ccccc21)N1CCCC(c2nc3ccccc3s2)C1. The van der Waals surface area contributed by atoms with E-state index < -0.39 is 0 Å². The number of amides is 1. The zero-order chi connectivity index (χ0) is 19.8. The van der Waals surface area contributed by atoms with E-state index in [2.05, 4.69) is 11.1 Å². The van der Waals surface area contributed by atoms with Gasteiger partial charge in [-0.1, -0.05) is 24.3 Å². The van der Waals surface area contributed by atoms with Crippen LogP contribution in [0.1, 0.15) is 23.8 Å². The van der Waals surface area contributed by atoms with Crippen molar-refractivity contribution >= 4 is 38.5 Å². The van der Waals surface area contributed by atoms with Gasteiger partial charge in [0.15, 0.2) is 0 Å². The van der Waals surface area contributed by atoms with Gasteiger partial charge in [-0.3, -0.25) is 14.2 Å². The Morgan fingerprint density at radius 1 is 1.10 bits per heavy atom. The number of aromatic nitrogens is 3. The average molecular weight is 404 g/mol. The first-order valence-corrected chi connectivity index (χ1v) is 10.6. The quantitative estimate of drug-likeness (QED) is 0.525. The number of likely N-dealkylation sites (tertiary alicyclic amines) is 1. The first-order valence-electron chi connectivity index (χ1n) is 9.77. The van der Waals surface area contributed by atoms with Crippen molar-refractivity contribution in [3.05, 3.63) is 70.1 Å². The third kappa shape index (κ3) is 3.42. The zero-order valence-corrected chi connectivity index (χ0v) is 16.6. The lowest BCUT2D eigenvalue weighted by Gasteiger charge is -2.32. The molecule has 0 aliphatic carbocycles. The summed E-state index contributed by atoms with van der Waals surface area (Å²) in [4.78, 5) is 36.2. The summed E-state index contributed by atoms with van der Waals surface area (Å²) in [6, 6.07) is 15.5. The molecular formula is C22H20N4O2S. The second-order valence-electron chi connectivity index (χ2n) is 7.37. The third-order valence-electron chi connectivity index (χ3n) is 5.48. The molecular weight excluding hydrogens is 384 g/mol. The van der Waals surface area contributed by atoms with Crippen LogP contribution in [0.3, 0.4) is 0 Å². The van der Waals surface area contributed by atoms with Crippen LogP contribution in [0, 0.1) is 0 Å². The van der Waals surface area contributed by atoms with E-state index >= 15 is 0 Å². The van der Waals surface area contributed by atoms with Gasteiger partial charge in [0.05, 0.1) is 32.5 Å². The molecule has 1 atom stereocenters. The highest BCUT2D eigenvalue weighted by atomic mass is 32.1. The average Bonchev–Trinajstić information content (AvgIpc) is 3.20. The maximum atomic E-state index is 13.0. The maximum absolute atomic E-state index is 13.0. The predicted molar refractivity (Wildman–Crippen MR) is 114 cm³/mol. The van der Waals surface area contributed by atoms with E-state index in [4.69, 9.17) is 4.98 Å². The van der Waals surface area contributed by atoms with Crippen LogP contribution in [-0.4, -0.2) is 38.4 Å². The Hall–Kier alpha value is -3.06. The minimum atomic E-state index is -0.253. The number of hydrogen-bond donors (Lipinski definition) is 0. The van der Waals surface area contributed by atoms with Crippen molar-refractivity contribution in [2.24, 2.45) is 0 Å². The van der Waals surface area contributed by atoms with Crippen LogP contribution in [0.2, 0.25) is 0 Å². The summed E-state index contributed by atoms with van der Waals surface area (Å²) >= 11 is 1.71. The maximum Gasteiger partial charge on any atom is 0.269 e. The van der Waals surface area contributed by atoms with Crippen LogP contribution in [0.15, 0.2) is 59.5 Å². The molecule has 0 saturated carbocycles. The number of rotatable bonds is 3. The van der Waals surface area contributed by atoms with Crippen molar-refractivity contribution in [3.63, 3.8) is 0 Å². The fraction of sp³-hybridized carbons (Fsp3) is 0.273. The Morgan fingerprint density at radius 3 is 2.76 bits per heavy atom. The number of para-hydroxylation sites is 3. The molecule has 3 heterocycles. The van der Waals surface area contributed by atoms with Crippen molar-refractivity contribution in [1.82, 2.24) is 19.4 Å². The summed E-state index contributed by atoms with van der Waals surface area (Å²) in [5.41, 5.74) is 2.17. The molecule has 1 aliphatic rings. The highest BCUT2D eigenvalue weighted by Crippen LogP contribution is 2.33. The number of piperidine rings is 1. The number of thiazole rings is 1.